The van der Waals surface area contributed by atoms with Gasteiger partial charge in [-0.2, -0.15) is 0 Å². The van der Waals surface area contributed by atoms with Crippen LogP contribution in [0.15, 0.2) is 36.4 Å². The van der Waals surface area contributed by atoms with Crippen molar-refractivity contribution in [1.82, 2.24) is 5.43 Å². The summed E-state index contributed by atoms with van der Waals surface area (Å²) in [7, 11) is 3.06. The number of hydrogen-bond acceptors (Lipinski definition) is 4. The fourth-order valence-electron chi connectivity index (χ4n) is 2.11. The lowest BCUT2D eigenvalue weighted by molar-refractivity contribution is 0.387. The van der Waals surface area contributed by atoms with E-state index in [0.717, 1.165) is 12.1 Å². The third-order valence-corrected chi connectivity index (χ3v) is 3.20. The lowest BCUT2D eigenvalue weighted by atomic mass is 9.98. The van der Waals surface area contributed by atoms with E-state index < -0.39 is 17.7 Å². The maximum Gasteiger partial charge on any atom is 0.159 e. The number of nitrogens with two attached hydrogens (primary N) is 1. The van der Waals surface area contributed by atoms with Gasteiger partial charge < -0.3 is 9.47 Å². The topological polar surface area (TPSA) is 56.5 Å². The normalized spacial score (nSPS) is 12.0. The molecule has 3 N–H and O–H groups in total. The summed E-state index contributed by atoms with van der Waals surface area (Å²) in [5.41, 5.74) is 3.76. The largest absolute Gasteiger partial charge is 0.497 e. The maximum absolute atomic E-state index is 13.4. The number of halogens is 2. The van der Waals surface area contributed by atoms with Crippen LogP contribution in [0.1, 0.15) is 17.2 Å². The molecule has 2 aromatic rings. The van der Waals surface area contributed by atoms with Gasteiger partial charge in [-0.05, 0) is 29.8 Å². The molecular formula is C15H16F2N2O2. The summed E-state index contributed by atoms with van der Waals surface area (Å²) in [5.74, 6) is 4.88. The molecule has 21 heavy (non-hydrogen) atoms. The van der Waals surface area contributed by atoms with Crippen LogP contribution >= 0.6 is 0 Å². The fourth-order valence-corrected chi connectivity index (χ4v) is 2.11. The number of hydrogen-bond donors (Lipinski definition) is 2. The van der Waals surface area contributed by atoms with Crippen LogP contribution in [0.25, 0.3) is 0 Å². The van der Waals surface area contributed by atoms with Crippen molar-refractivity contribution in [3.05, 3.63) is 59.2 Å². The summed E-state index contributed by atoms with van der Waals surface area (Å²) in [4.78, 5) is 0. The molecule has 4 nitrogen and oxygen atoms in total. The Morgan fingerprint density at radius 1 is 1.00 bits per heavy atom. The summed E-state index contributed by atoms with van der Waals surface area (Å²) in [6.45, 7) is 0. The van der Waals surface area contributed by atoms with E-state index in [1.165, 1.54) is 13.2 Å². The monoisotopic (exact) mass is 294 g/mol. The third-order valence-electron chi connectivity index (χ3n) is 3.20. The highest BCUT2D eigenvalue weighted by Crippen LogP contribution is 2.33. The molecule has 0 bridgehead atoms. The van der Waals surface area contributed by atoms with E-state index >= 15 is 0 Å². The van der Waals surface area contributed by atoms with E-state index in [9.17, 15) is 8.78 Å². The lowest BCUT2D eigenvalue weighted by Gasteiger charge is -2.20. The van der Waals surface area contributed by atoms with Crippen LogP contribution < -0.4 is 20.7 Å². The summed E-state index contributed by atoms with van der Waals surface area (Å²) < 4.78 is 36.9. The maximum atomic E-state index is 13.4. The number of ether oxygens (including phenoxy) is 2. The SMILES string of the molecule is COc1ccc(C(NN)c2ccc(F)c(F)c2)c(OC)c1. The van der Waals surface area contributed by atoms with Gasteiger partial charge in [-0.1, -0.05) is 6.07 Å². The smallest absolute Gasteiger partial charge is 0.159 e. The van der Waals surface area contributed by atoms with Crippen LogP contribution in [0, 0.1) is 11.6 Å². The summed E-state index contributed by atoms with van der Waals surface area (Å²) in [6, 6.07) is 8.27. The van der Waals surface area contributed by atoms with Crippen LogP contribution in [0.2, 0.25) is 0 Å². The zero-order valence-corrected chi connectivity index (χ0v) is 11.7. The third kappa shape index (κ3) is 3.12. The first-order valence-electron chi connectivity index (χ1n) is 6.23. The molecule has 0 aliphatic rings. The Morgan fingerprint density at radius 2 is 1.76 bits per heavy atom. The second-order valence-electron chi connectivity index (χ2n) is 4.38. The van der Waals surface area contributed by atoms with Crippen molar-refractivity contribution in [2.24, 2.45) is 5.84 Å². The van der Waals surface area contributed by atoms with Gasteiger partial charge in [0.2, 0.25) is 0 Å². The van der Waals surface area contributed by atoms with Gasteiger partial charge >= 0.3 is 0 Å². The number of rotatable bonds is 5. The van der Waals surface area contributed by atoms with E-state index in [-0.39, 0.29) is 0 Å². The minimum Gasteiger partial charge on any atom is -0.497 e. The molecule has 0 radical (unpaired) electrons. The molecule has 1 unspecified atom stereocenters. The summed E-state index contributed by atoms with van der Waals surface area (Å²) in [6.07, 6.45) is 0. The molecule has 0 fully saturated rings. The standard InChI is InChI=1S/C15H16F2N2O2/c1-20-10-4-5-11(14(8-10)21-2)15(19-18)9-3-6-12(16)13(17)7-9/h3-8,15,19H,18H2,1-2H3. The van der Waals surface area contributed by atoms with E-state index in [0.29, 0.717) is 22.6 Å². The van der Waals surface area contributed by atoms with Crippen LogP contribution in [0.4, 0.5) is 8.78 Å². The van der Waals surface area contributed by atoms with Gasteiger partial charge in [0.1, 0.15) is 11.5 Å². The van der Waals surface area contributed by atoms with Gasteiger partial charge in [-0.25, -0.2) is 14.2 Å². The highest BCUT2D eigenvalue weighted by atomic mass is 19.2. The Hall–Kier alpha value is -2.18. The van der Waals surface area contributed by atoms with E-state index in [1.54, 1.807) is 25.3 Å². The second-order valence-corrected chi connectivity index (χ2v) is 4.38. The van der Waals surface area contributed by atoms with E-state index in [1.807, 2.05) is 0 Å². The number of benzene rings is 2. The summed E-state index contributed by atoms with van der Waals surface area (Å²) in [5, 5.41) is 0. The molecule has 0 aliphatic heterocycles. The summed E-state index contributed by atoms with van der Waals surface area (Å²) >= 11 is 0. The average Bonchev–Trinajstić information content (AvgIpc) is 2.51. The highest BCUT2D eigenvalue weighted by molar-refractivity contribution is 5.46. The number of nitrogens with one attached hydrogen (secondary N) is 1. The minimum absolute atomic E-state index is 0.486. The van der Waals surface area contributed by atoms with E-state index in [4.69, 9.17) is 15.3 Å². The first kappa shape index (κ1) is 15.2. The molecule has 1 atom stereocenters. The Labute approximate surface area is 121 Å². The van der Waals surface area contributed by atoms with Crippen LogP contribution in [-0.2, 0) is 0 Å². The Morgan fingerprint density at radius 3 is 2.33 bits per heavy atom. The minimum atomic E-state index is -0.930. The molecule has 2 rings (SSSR count). The number of methoxy groups -OCH3 is 2. The van der Waals surface area contributed by atoms with Crippen LogP contribution in [0.5, 0.6) is 11.5 Å². The van der Waals surface area contributed by atoms with Gasteiger partial charge in [0.05, 0.1) is 20.3 Å². The molecular weight excluding hydrogens is 278 g/mol. The molecule has 2 aromatic carbocycles. The molecule has 6 heteroatoms. The quantitative estimate of drug-likeness (QED) is 0.657. The second kappa shape index (κ2) is 6.51. The molecule has 0 aliphatic carbocycles. The first-order valence-corrected chi connectivity index (χ1v) is 6.23. The van der Waals surface area contributed by atoms with E-state index in [2.05, 4.69) is 5.43 Å². The highest BCUT2D eigenvalue weighted by Gasteiger charge is 2.19. The van der Waals surface area contributed by atoms with Crippen molar-refractivity contribution in [1.29, 1.82) is 0 Å². The van der Waals surface area contributed by atoms with Crippen molar-refractivity contribution >= 4 is 0 Å². The average molecular weight is 294 g/mol. The molecule has 0 saturated carbocycles. The van der Waals surface area contributed by atoms with Gasteiger partial charge in [0.15, 0.2) is 11.6 Å². The molecule has 0 amide bonds. The number of hydrazine groups is 1. The first-order chi connectivity index (χ1) is 10.1. The van der Waals surface area contributed by atoms with Crippen LogP contribution in [-0.4, -0.2) is 14.2 Å². The van der Waals surface area contributed by atoms with Crippen molar-refractivity contribution < 1.29 is 18.3 Å². The van der Waals surface area contributed by atoms with Gasteiger partial charge in [-0.15, -0.1) is 0 Å². The van der Waals surface area contributed by atoms with Crippen molar-refractivity contribution in [2.75, 3.05) is 14.2 Å². The van der Waals surface area contributed by atoms with Crippen molar-refractivity contribution in [2.45, 2.75) is 6.04 Å². The zero-order valence-electron chi connectivity index (χ0n) is 11.7. The van der Waals surface area contributed by atoms with Gasteiger partial charge in [-0.3, -0.25) is 5.84 Å². The van der Waals surface area contributed by atoms with Gasteiger partial charge in [0, 0.05) is 11.6 Å². The Kier molecular flexibility index (Phi) is 4.72. The molecule has 0 aromatic heterocycles. The Balaban J connectivity index is 2.47. The zero-order chi connectivity index (χ0) is 15.4. The van der Waals surface area contributed by atoms with Crippen molar-refractivity contribution in [3.8, 4) is 11.5 Å². The molecule has 0 heterocycles. The molecule has 112 valence electrons. The predicted molar refractivity (Wildman–Crippen MR) is 75.1 cm³/mol. The lowest BCUT2D eigenvalue weighted by Crippen LogP contribution is -2.29. The van der Waals surface area contributed by atoms with Crippen molar-refractivity contribution in [3.63, 3.8) is 0 Å². The predicted octanol–water partition coefficient (Wildman–Crippen LogP) is 2.53. The molecule has 0 saturated heterocycles. The molecule has 0 spiro atoms. The van der Waals surface area contributed by atoms with Crippen LogP contribution in [0.3, 0.4) is 0 Å². The Bertz CT molecular complexity index is 635. The van der Waals surface area contributed by atoms with Gasteiger partial charge in [0.25, 0.3) is 0 Å². The fraction of sp³-hybridized carbons (Fsp3) is 0.200.